The summed E-state index contributed by atoms with van der Waals surface area (Å²) in [4.78, 5) is 26.2. The van der Waals surface area contributed by atoms with Crippen LogP contribution < -0.4 is 5.56 Å². The molecule has 0 saturated carbocycles. The molecule has 0 bridgehead atoms. The zero-order valence-electron chi connectivity index (χ0n) is 12.7. The summed E-state index contributed by atoms with van der Waals surface area (Å²) in [6, 6.07) is 5.97. The highest BCUT2D eigenvalue weighted by Gasteiger charge is 2.12. The van der Waals surface area contributed by atoms with Crippen LogP contribution >= 0.6 is 23.1 Å². The van der Waals surface area contributed by atoms with Crippen LogP contribution in [0.5, 0.6) is 0 Å². The maximum atomic E-state index is 12.3. The molecule has 7 heteroatoms. The summed E-state index contributed by atoms with van der Waals surface area (Å²) in [6.45, 7) is 3.99. The molecule has 0 spiro atoms. The van der Waals surface area contributed by atoms with Crippen LogP contribution in [0.4, 0.5) is 0 Å². The summed E-state index contributed by atoms with van der Waals surface area (Å²) in [5.74, 6) is 1.26. The van der Waals surface area contributed by atoms with Gasteiger partial charge in [0.2, 0.25) is 0 Å². The van der Waals surface area contributed by atoms with E-state index in [2.05, 4.69) is 15.0 Å². The fourth-order valence-electron chi connectivity index (χ4n) is 2.53. The van der Waals surface area contributed by atoms with Gasteiger partial charge >= 0.3 is 0 Å². The lowest BCUT2D eigenvalue weighted by atomic mass is 10.2. The fraction of sp³-hybridized carbons (Fsp3) is 0.188. The molecule has 0 unspecified atom stereocenters. The molecule has 4 aromatic heterocycles. The van der Waals surface area contributed by atoms with E-state index in [1.807, 2.05) is 48.8 Å². The fourth-order valence-corrected chi connectivity index (χ4v) is 4.41. The summed E-state index contributed by atoms with van der Waals surface area (Å²) in [6.07, 6.45) is 3.82. The van der Waals surface area contributed by atoms with Crippen molar-refractivity contribution < 1.29 is 0 Å². The number of rotatable bonds is 3. The zero-order valence-corrected chi connectivity index (χ0v) is 14.3. The molecule has 0 atom stereocenters. The Kier molecular flexibility index (Phi) is 3.46. The Hall–Kier alpha value is -2.12. The number of thioether (sulfide) groups is 1. The third kappa shape index (κ3) is 2.46. The number of hydrogen-bond donors (Lipinski definition) is 1. The molecule has 1 N–H and O–H groups in total. The van der Waals surface area contributed by atoms with Gasteiger partial charge in [0.05, 0.1) is 22.9 Å². The van der Waals surface area contributed by atoms with E-state index >= 15 is 0 Å². The van der Waals surface area contributed by atoms with Crippen molar-refractivity contribution >= 4 is 38.8 Å². The zero-order chi connectivity index (χ0) is 16.0. The normalized spacial score (nSPS) is 11.6. The molecule has 4 rings (SSSR count). The van der Waals surface area contributed by atoms with Crippen molar-refractivity contribution in [3.63, 3.8) is 0 Å². The minimum Gasteiger partial charge on any atom is -0.309 e. The van der Waals surface area contributed by atoms with Crippen molar-refractivity contribution in [1.82, 2.24) is 19.4 Å². The van der Waals surface area contributed by atoms with Gasteiger partial charge in [0, 0.05) is 11.1 Å². The van der Waals surface area contributed by atoms with E-state index in [0.29, 0.717) is 17.0 Å². The second kappa shape index (κ2) is 5.50. The first-order valence-electron chi connectivity index (χ1n) is 7.17. The lowest BCUT2D eigenvalue weighted by Crippen LogP contribution is -2.10. The smallest absolute Gasteiger partial charge is 0.259 e. The van der Waals surface area contributed by atoms with E-state index in [-0.39, 0.29) is 5.56 Å². The SMILES string of the molecule is Cc1sc2nc(CSc3ncc4ccccn34)[nH]c(=O)c2c1C. The van der Waals surface area contributed by atoms with Crippen molar-refractivity contribution in [2.24, 2.45) is 0 Å². The van der Waals surface area contributed by atoms with E-state index in [1.165, 1.54) is 0 Å². The van der Waals surface area contributed by atoms with Crippen molar-refractivity contribution in [2.75, 3.05) is 0 Å². The van der Waals surface area contributed by atoms with E-state index in [9.17, 15) is 4.79 Å². The monoisotopic (exact) mass is 342 g/mol. The molecule has 0 amide bonds. The van der Waals surface area contributed by atoms with Crippen LogP contribution in [-0.4, -0.2) is 19.4 Å². The number of nitrogens with zero attached hydrogens (tertiary/aromatic N) is 3. The van der Waals surface area contributed by atoms with Gasteiger partial charge in [-0.05, 0) is 31.5 Å². The predicted octanol–water partition coefficient (Wildman–Crippen LogP) is 3.54. The molecular formula is C16H14N4OS2. The van der Waals surface area contributed by atoms with Gasteiger partial charge in [0.15, 0.2) is 5.16 Å². The number of thiophene rings is 1. The Balaban J connectivity index is 1.67. The number of nitrogens with one attached hydrogen (secondary N) is 1. The summed E-state index contributed by atoms with van der Waals surface area (Å²) in [7, 11) is 0. The molecule has 0 saturated heterocycles. The van der Waals surface area contributed by atoms with E-state index in [1.54, 1.807) is 23.1 Å². The first-order valence-corrected chi connectivity index (χ1v) is 8.97. The van der Waals surface area contributed by atoms with Crippen LogP contribution in [0.3, 0.4) is 0 Å². The number of H-pyrrole nitrogens is 1. The summed E-state index contributed by atoms with van der Waals surface area (Å²) in [5, 5.41) is 1.61. The van der Waals surface area contributed by atoms with Crippen LogP contribution in [0.1, 0.15) is 16.3 Å². The molecule has 4 heterocycles. The molecule has 0 aliphatic heterocycles. The molecule has 0 radical (unpaired) electrons. The van der Waals surface area contributed by atoms with Crippen LogP contribution in [0, 0.1) is 13.8 Å². The Morgan fingerprint density at radius 3 is 3.09 bits per heavy atom. The summed E-state index contributed by atoms with van der Waals surface area (Å²) < 4.78 is 2.03. The predicted molar refractivity (Wildman–Crippen MR) is 94.5 cm³/mol. The van der Waals surface area contributed by atoms with Crippen LogP contribution in [0.25, 0.3) is 15.7 Å². The molecule has 0 fully saturated rings. The molecular weight excluding hydrogens is 328 g/mol. The summed E-state index contributed by atoms with van der Waals surface area (Å²) >= 11 is 3.13. The first-order chi connectivity index (χ1) is 11.1. The molecule has 0 aromatic carbocycles. The quantitative estimate of drug-likeness (QED) is 0.579. The average Bonchev–Trinajstić information content (AvgIpc) is 3.07. The van der Waals surface area contributed by atoms with Gasteiger partial charge < -0.3 is 4.98 Å². The Bertz CT molecular complexity index is 1080. The molecule has 5 nitrogen and oxygen atoms in total. The van der Waals surface area contributed by atoms with Crippen LogP contribution in [0.2, 0.25) is 0 Å². The molecule has 23 heavy (non-hydrogen) atoms. The van der Waals surface area contributed by atoms with Crippen molar-refractivity contribution in [3.05, 3.63) is 57.2 Å². The van der Waals surface area contributed by atoms with E-state index < -0.39 is 0 Å². The number of aryl methyl sites for hydroxylation is 2. The van der Waals surface area contributed by atoms with Gasteiger partial charge in [-0.2, -0.15) is 0 Å². The van der Waals surface area contributed by atoms with Gasteiger partial charge in [-0.15, -0.1) is 11.3 Å². The Labute approximate surface area is 140 Å². The van der Waals surface area contributed by atoms with Crippen molar-refractivity contribution in [3.8, 4) is 0 Å². The van der Waals surface area contributed by atoms with Gasteiger partial charge in [-0.3, -0.25) is 9.20 Å². The molecule has 4 aromatic rings. The second-order valence-electron chi connectivity index (χ2n) is 5.30. The lowest BCUT2D eigenvalue weighted by Gasteiger charge is -2.02. The average molecular weight is 342 g/mol. The Morgan fingerprint density at radius 2 is 2.22 bits per heavy atom. The number of aromatic nitrogens is 4. The maximum Gasteiger partial charge on any atom is 0.259 e. The van der Waals surface area contributed by atoms with E-state index in [4.69, 9.17) is 0 Å². The number of imidazole rings is 1. The standard InChI is InChI=1S/C16H14N4OS2/c1-9-10(2)23-15-13(9)14(21)18-12(19-15)8-22-16-17-7-11-5-3-4-6-20(11)16/h3-7H,8H2,1-2H3,(H,18,19,21). The van der Waals surface area contributed by atoms with Crippen molar-refractivity contribution in [1.29, 1.82) is 0 Å². The summed E-state index contributed by atoms with van der Waals surface area (Å²) in [5.41, 5.74) is 2.02. The lowest BCUT2D eigenvalue weighted by molar-refractivity contribution is 0.951. The third-order valence-corrected chi connectivity index (χ3v) is 5.91. The molecule has 116 valence electrons. The highest BCUT2D eigenvalue weighted by molar-refractivity contribution is 7.98. The Morgan fingerprint density at radius 1 is 1.35 bits per heavy atom. The number of fused-ring (bicyclic) bond motifs is 2. The van der Waals surface area contributed by atoms with Crippen LogP contribution in [0.15, 0.2) is 40.5 Å². The minimum atomic E-state index is -0.0552. The highest BCUT2D eigenvalue weighted by Crippen LogP contribution is 2.27. The van der Waals surface area contributed by atoms with Crippen LogP contribution in [-0.2, 0) is 5.75 Å². The third-order valence-electron chi connectivity index (χ3n) is 3.83. The maximum absolute atomic E-state index is 12.3. The number of hydrogen-bond acceptors (Lipinski definition) is 5. The van der Waals surface area contributed by atoms with Gasteiger partial charge in [-0.25, -0.2) is 9.97 Å². The first kappa shape index (κ1) is 14.5. The molecule has 0 aliphatic carbocycles. The number of pyridine rings is 1. The van der Waals surface area contributed by atoms with Gasteiger partial charge in [0.1, 0.15) is 10.7 Å². The van der Waals surface area contributed by atoms with E-state index in [0.717, 1.165) is 25.9 Å². The second-order valence-corrected chi connectivity index (χ2v) is 7.45. The highest BCUT2D eigenvalue weighted by atomic mass is 32.2. The molecule has 0 aliphatic rings. The number of aromatic amines is 1. The topological polar surface area (TPSA) is 63.1 Å². The van der Waals surface area contributed by atoms with Gasteiger partial charge in [-0.1, -0.05) is 17.8 Å². The minimum absolute atomic E-state index is 0.0552. The van der Waals surface area contributed by atoms with Gasteiger partial charge in [0.25, 0.3) is 5.56 Å². The van der Waals surface area contributed by atoms with Crippen molar-refractivity contribution in [2.45, 2.75) is 24.8 Å². The largest absolute Gasteiger partial charge is 0.309 e.